The Morgan fingerprint density at radius 2 is 1.81 bits per heavy atom. The van der Waals surface area contributed by atoms with Crippen molar-refractivity contribution in [2.24, 2.45) is 0 Å². The van der Waals surface area contributed by atoms with Gasteiger partial charge in [0.25, 0.3) is 5.89 Å². The Kier molecular flexibility index (Phi) is 7.44. The molecule has 32 heavy (non-hydrogen) atoms. The summed E-state index contributed by atoms with van der Waals surface area (Å²) in [6, 6.07) is 10.2. The van der Waals surface area contributed by atoms with Crippen LogP contribution in [0.5, 0.6) is 5.75 Å². The number of nitrogens with zero attached hydrogens (tertiary/aromatic N) is 3. The van der Waals surface area contributed by atoms with Gasteiger partial charge in [-0.15, -0.1) is 0 Å². The van der Waals surface area contributed by atoms with E-state index in [1.54, 1.807) is 36.2 Å². The first kappa shape index (κ1) is 23.6. The van der Waals surface area contributed by atoms with Crippen LogP contribution in [0.2, 0.25) is 0 Å². The summed E-state index contributed by atoms with van der Waals surface area (Å²) in [6.45, 7) is -1.41. The second kappa shape index (κ2) is 10.1. The summed E-state index contributed by atoms with van der Waals surface area (Å²) in [7, 11) is 1.66. The molecule has 0 aliphatic carbocycles. The molecular weight excluding hydrogens is 434 g/mol. The highest BCUT2D eigenvalue weighted by atomic mass is 19.4. The number of rotatable bonds is 9. The maximum Gasteiger partial charge on any atom is 0.419 e. The third kappa shape index (κ3) is 5.61. The zero-order chi connectivity index (χ0) is 23.3. The van der Waals surface area contributed by atoms with Crippen molar-refractivity contribution in [1.82, 2.24) is 15.0 Å². The molecule has 11 heteroatoms. The molecule has 0 aliphatic rings. The monoisotopic (exact) mass is 455 g/mol. The molecule has 172 valence electrons. The fourth-order valence-corrected chi connectivity index (χ4v) is 2.91. The molecule has 7 nitrogen and oxygen atoms in total. The maximum atomic E-state index is 13.4. The van der Waals surface area contributed by atoms with E-state index in [0.717, 1.165) is 17.7 Å². The van der Waals surface area contributed by atoms with Crippen molar-refractivity contribution in [3.05, 3.63) is 53.6 Å². The summed E-state index contributed by atoms with van der Waals surface area (Å²) < 4.78 is 62.4. The minimum Gasteiger partial charge on any atom is -0.490 e. The van der Waals surface area contributed by atoms with Crippen LogP contribution in [0.25, 0.3) is 22.8 Å². The van der Waals surface area contributed by atoms with Gasteiger partial charge in [-0.2, -0.15) is 18.2 Å². The first-order valence-electron chi connectivity index (χ1n) is 9.55. The highest BCUT2D eigenvalue weighted by Crippen LogP contribution is 2.38. The van der Waals surface area contributed by atoms with E-state index in [1.165, 1.54) is 6.07 Å². The Morgan fingerprint density at radius 1 is 1.12 bits per heavy atom. The molecular formula is C21H21F4N3O4. The molecule has 2 N–H and O–H groups in total. The maximum absolute atomic E-state index is 13.4. The number of benzene rings is 2. The Hall–Kier alpha value is -3.02. The van der Waals surface area contributed by atoms with Crippen LogP contribution in [-0.2, 0) is 12.7 Å². The molecule has 1 unspecified atom stereocenters. The van der Waals surface area contributed by atoms with Crippen LogP contribution in [0, 0.1) is 0 Å². The predicted octanol–water partition coefficient (Wildman–Crippen LogP) is 3.51. The Labute approximate surface area is 180 Å². The SMILES string of the molecule is CN(Cc1ccc(-c2noc(-c3ccc(OCCF)c(C(F)(F)F)c3)n2)cc1)C(O)CO. The summed E-state index contributed by atoms with van der Waals surface area (Å²) in [4.78, 5) is 5.72. The molecule has 0 spiro atoms. The number of aromatic nitrogens is 2. The van der Waals surface area contributed by atoms with Crippen LogP contribution in [0.15, 0.2) is 47.0 Å². The number of halogens is 4. The molecule has 0 saturated carbocycles. The van der Waals surface area contributed by atoms with Gasteiger partial charge in [0.15, 0.2) is 0 Å². The molecule has 0 fully saturated rings. The molecule has 0 amide bonds. The van der Waals surface area contributed by atoms with Gasteiger partial charge in [-0.3, -0.25) is 4.90 Å². The molecule has 0 bridgehead atoms. The first-order valence-corrected chi connectivity index (χ1v) is 9.55. The van der Waals surface area contributed by atoms with E-state index < -0.39 is 37.0 Å². The summed E-state index contributed by atoms with van der Waals surface area (Å²) in [5.41, 5.74) is 0.404. The fraction of sp³-hybridized carbons (Fsp3) is 0.333. The molecule has 2 aromatic carbocycles. The lowest BCUT2D eigenvalue weighted by molar-refractivity contribution is -0.138. The second-order valence-electron chi connectivity index (χ2n) is 6.94. The number of likely N-dealkylation sites (N-methyl/N-ethyl adjacent to an activating group) is 1. The minimum absolute atomic E-state index is 0.0416. The number of aliphatic hydroxyl groups excluding tert-OH is 2. The summed E-state index contributed by atoms with van der Waals surface area (Å²) >= 11 is 0. The Balaban J connectivity index is 1.81. The van der Waals surface area contributed by atoms with Crippen LogP contribution >= 0.6 is 0 Å². The summed E-state index contributed by atoms with van der Waals surface area (Å²) in [5, 5.41) is 22.4. The van der Waals surface area contributed by atoms with Crippen molar-refractivity contribution in [3.63, 3.8) is 0 Å². The normalized spacial score (nSPS) is 12.9. The van der Waals surface area contributed by atoms with E-state index in [4.69, 9.17) is 14.4 Å². The minimum atomic E-state index is -4.71. The lowest BCUT2D eigenvalue weighted by Crippen LogP contribution is -2.33. The highest BCUT2D eigenvalue weighted by molar-refractivity contribution is 5.62. The van der Waals surface area contributed by atoms with Gasteiger partial charge >= 0.3 is 6.18 Å². The van der Waals surface area contributed by atoms with Crippen molar-refractivity contribution in [2.45, 2.75) is 18.9 Å². The van der Waals surface area contributed by atoms with Crippen molar-refractivity contribution < 1.29 is 37.0 Å². The van der Waals surface area contributed by atoms with Crippen LogP contribution in [0.4, 0.5) is 17.6 Å². The third-order valence-electron chi connectivity index (χ3n) is 4.61. The number of aliphatic hydroxyl groups is 2. The molecule has 0 aliphatic heterocycles. The quantitative estimate of drug-likeness (QED) is 0.377. The van der Waals surface area contributed by atoms with Crippen LogP contribution in [0.3, 0.4) is 0 Å². The topological polar surface area (TPSA) is 91.9 Å². The molecule has 0 radical (unpaired) electrons. The lowest BCUT2D eigenvalue weighted by Gasteiger charge is -2.21. The van der Waals surface area contributed by atoms with Gasteiger partial charge in [-0.25, -0.2) is 4.39 Å². The van der Waals surface area contributed by atoms with Gasteiger partial charge in [0.2, 0.25) is 5.82 Å². The average molecular weight is 455 g/mol. The largest absolute Gasteiger partial charge is 0.490 e. The van der Waals surface area contributed by atoms with Crippen LogP contribution in [-0.4, -0.2) is 58.4 Å². The van der Waals surface area contributed by atoms with Gasteiger partial charge in [0.05, 0.1) is 12.2 Å². The van der Waals surface area contributed by atoms with Crippen molar-refractivity contribution >= 4 is 0 Å². The number of ether oxygens (including phenoxy) is 1. The van der Waals surface area contributed by atoms with E-state index in [-0.39, 0.29) is 23.9 Å². The summed E-state index contributed by atoms with van der Waals surface area (Å²) in [6.07, 6.45) is -5.69. The smallest absolute Gasteiger partial charge is 0.419 e. The van der Waals surface area contributed by atoms with Crippen LogP contribution < -0.4 is 4.74 Å². The third-order valence-corrected chi connectivity index (χ3v) is 4.61. The Bertz CT molecular complexity index is 1020. The molecule has 3 aromatic rings. The lowest BCUT2D eigenvalue weighted by atomic mass is 10.1. The van der Waals surface area contributed by atoms with Crippen molar-refractivity contribution in [2.75, 3.05) is 26.9 Å². The molecule has 1 aromatic heterocycles. The zero-order valence-electron chi connectivity index (χ0n) is 17.0. The van der Waals surface area contributed by atoms with E-state index >= 15 is 0 Å². The van der Waals surface area contributed by atoms with E-state index in [2.05, 4.69) is 10.1 Å². The summed E-state index contributed by atoms with van der Waals surface area (Å²) in [5.74, 6) is -0.412. The standard InChI is InChI=1S/C21H21F4N3O4/c1-28(18(30)12-29)11-13-2-4-14(5-3-13)19-26-20(32-27-19)15-6-7-17(31-9-8-22)16(10-15)21(23,24)25/h2-7,10,18,29-30H,8-9,11-12H2,1H3. The zero-order valence-corrected chi connectivity index (χ0v) is 17.0. The number of hydrogen-bond acceptors (Lipinski definition) is 7. The second-order valence-corrected chi connectivity index (χ2v) is 6.94. The highest BCUT2D eigenvalue weighted by Gasteiger charge is 2.35. The van der Waals surface area contributed by atoms with E-state index in [0.29, 0.717) is 12.1 Å². The average Bonchev–Trinajstić information content (AvgIpc) is 3.27. The van der Waals surface area contributed by atoms with E-state index in [1.807, 2.05) is 0 Å². The first-order chi connectivity index (χ1) is 15.2. The van der Waals surface area contributed by atoms with E-state index in [9.17, 15) is 22.7 Å². The Morgan fingerprint density at radius 3 is 2.44 bits per heavy atom. The van der Waals surface area contributed by atoms with Gasteiger partial charge in [-0.05, 0) is 30.8 Å². The van der Waals surface area contributed by atoms with Crippen LogP contribution in [0.1, 0.15) is 11.1 Å². The fourth-order valence-electron chi connectivity index (χ4n) is 2.91. The van der Waals surface area contributed by atoms with Gasteiger partial charge in [0.1, 0.15) is 25.3 Å². The number of alkyl halides is 4. The molecule has 0 saturated heterocycles. The van der Waals surface area contributed by atoms with Gasteiger partial charge in [0, 0.05) is 17.7 Å². The number of hydrogen-bond donors (Lipinski definition) is 2. The molecule has 1 atom stereocenters. The molecule has 3 rings (SSSR count). The predicted molar refractivity (Wildman–Crippen MR) is 106 cm³/mol. The van der Waals surface area contributed by atoms with Crippen molar-refractivity contribution in [1.29, 1.82) is 0 Å². The molecule has 1 heterocycles. The van der Waals surface area contributed by atoms with Crippen molar-refractivity contribution in [3.8, 4) is 28.6 Å². The van der Waals surface area contributed by atoms with Gasteiger partial charge in [-0.1, -0.05) is 29.4 Å². The van der Waals surface area contributed by atoms with Gasteiger partial charge < -0.3 is 19.5 Å².